The van der Waals surface area contributed by atoms with Crippen LogP contribution >= 0.6 is 0 Å². The zero-order valence-corrected chi connectivity index (χ0v) is 14.4. The lowest BCUT2D eigenvalue weighted by Gasteiger charge is -2.08. The number of aromatic nitrogens is 1. The van der Waals surface area contributed by atoms with Crippen molar-refractivity contribution < 1.29 is 32.0 Å². The summed E-state index contributed by atoms with van der Waals surface area (Å²) >= 11 is 0. The van der Waals surface area contributed by atoms with Crippen molar-refractivity contribution in [2.24, 2.45) is 5.92 Å². The fourth-order valence-corrected chi connectivity index (χ4v) is 2.63. The van der Waals surface area contributed by atoms with E-state index >= 15 is 0 Å². The lowest BCUT2D eigenvalue weighted by Crippen LogP contribution is -2.30. The van der Waals surface area contributed by atoms with Crippen molar-refractivity contribution in [3.8, 4) is 5.75 Å². The van der Waals surface area contributed by atoms with Crippen molar-refractivity contribution >= 4 is 5.91 Å². The maximum atomic E-state index is 12.5. The summed E-state index contributed by atoms with van der Waals surface area (Å²) in [7, 11) is 0. The van der Waals surface area contributed by atoms with Gasteiger partial charge < -0.3 is 19.3 Å². The molecule has 0 aliphatic carbocycles. The van der Waals surface area contributed by atoms with Crippen molar-refractivity contribution in [3.05, 3.63) is 47.3 Å². The van der Waals surface area contributed by atoms with Crippen molar-refractivity contribution in [2.45, 2.75) is 25.6 Å². The second kappa shape index (κ2) is 8.43. The number of carbonyl (C=O) groups is 1. The molecule has 0 saturated carbocycles. The number of ether oxygens (including phenoxy) is 2. The van der Waals surface area contributed by atoms with Crippen molar-refractivity contribution in [3.63, 3.8) is 0 Å². The molecule has 0 spiro atoms. The minimum atomic E-state index is -4.39. The predicted octanol–water partition coefficient (Wildman–Crippen LogP) is 2.97. The van der Waals surface area contributed by atoms with Gasteiger partial charge in [0.2, 0.25) is 5.91 Å². The number of nitrogens with zero attached hydrogens (tertiary/aromatic N) is 1. The first-order valence-corrected chi connectivity index (χ1v) is 8.49. The fourth-order valence-electron chi connectivity index (χ4n) is 2.63. The minimum Gasteiger partial charge on any atom is -0.486 e. The molecule has 1 amide bonds. The van der Waals surface area contributed by atoms with Crippen molar-refractivity contribution in [1.82, 2.24) is 10.5 Å². The van der Waals surface area contributed by atoms with Crippen LogP contribution in [0.5, 0.6) is 5.75 Å². The Kier molecular flexibility index (Phi) is 6.00. The molecule has 0 radical (unpaired) electrons. The molecule has 2 aromatic rings. The van der Waals surface area contributed by atoms with Gasteiger partial charge in [-0.3, -0.25) is 4.79 Å². The van der Waals surface area contributed by atoms with Crippen LogP contribution < -0.4 is 10.1 Å². The molecule has 1 atom stereocenters. The third-order valence-corrected chi connectivity index (χ3v) is 4.12. The molecule has 6 nitrogen and oxygen atoms in total. The van der Waals surface area contributed by atoms with Crippen molar-refractivity contribution in [1.29, 1.82) is 0 Å². The smallest absolute Gasteiger partial charge is 0.416 e. The number of carbonyl (C=O) groups excluding carboxylic acids is 1. The molecule has 1 saturated heterocycles. The Morgan fingerprint density at radius 3 is 2.74 bits per heavy atom. The predicted molar refractivity (Wildman–Crippen MR) is 87.9 cm³/mol. The van der Waals surface area contributed by atoms with Crippen LogP contribution in [0.4, 0.5) is 13.2 Å². The Labute approximate surface area is 153 Å². The Bertz CT molecular complexity index is 753. The highest BCUT2D eigenvalue weighted by atomic mass is 19.4. The van der Waals surface area contributed by atoms with Gasteiger partial charge in [0.05, 0.1) is 24.3 Å². The SMILES string of the molecule is O=C(Cc1cc(COc2ccc(C(F)(F)F)cc2)on1)NCC1CCOC1. The molecule has 0 bridgehead atoms. The quantitative estimate of drug-likeness (QED) is 0.795. The lowest BCUT2D eigenvalue weighted by atomic mass is 10.1. The van der Waals surface area contributed by atoms with E-state index in [1.807, 2.05) is 0 Å². The summed E-state index contributed by atoms with van der Waals surface area (Å²) in [5, 5.41) is 6.64. The Hall–Kier alpha value is -2.55. The van der Waals surface area contributed by atoms with Crippen LogP contribution in [0.15, 0.2) is 34.9 Å². The fraction of sp³-hybridized carbons (Fsp3) is 0.444. The second-order valence-electron chi connectivity index (χ2n) is 6.31. The van der Waals surface area contributed by atoms with Crippen LogP contribution in [-0.4, -0.2) is 30.8 Å². The van der Waals surface area contributed by atoms with Crippen LogP contribution in [0.25, 0.3) is 0 Å². The summed E-state index contributed by atoms with van der Waals surface area (Å²) in [6, 6.07) is 5.95. The molecular formula is C18H19F3N2O4. The molecule has 1 unspecified atom stereocenters. The van der Waals surface area contributed by atoms with Gasteiger partial charge in [-0.1, -0.05) is 5.16 Å². The van der Waals surface area contributed by atoms with Gasteiger partial charge in [-0.05, 0) is 30.7 Å². The largest absolute Gasteiger partial charge is 0.486 e. The maximum Gasteiger partial charge on any atom is 0.416 e. The van der Waals surface area contributed by atoms with Gasteiger partial charge in [-0.25, -0.2) is 0 Å². The van der Waals surface area contributed by atoms with E-state index < -0.39 is 11.7 Å². The van der Waals surface area contributed by atoms with Crippen LogP contribution in [0.2, 0.25) is 0 Å². The number of alkyl halides is 3. The highest BCUT2D eigenvalue weighted by Gasteiger charge is 2.30. The number of benzene rings is 1. The molecule has 2 heterocycles. The summed E-state index contributed by atoms with van der Waals surface area (Å²) in [4.78, 5) is 11.9. The summed E-state index contributed by atoms with van der Waals surface area (Å²) in [6.07, 6.45) is -3.36. The van der Waals surface area contributed by atoms with Gasteiger partial charge in [0.1, 0.15) is 12.4 Å². The van der Waals surface area contributed by atoms with Gasteiger partial charge in [0.25, 0.3) is 0 Å². The van der Waals surface area contributed by atoms with Gasteiger partial charge in [0, 0.05) is 25.1 Å². The Balaban J connectivity index is 1.44. The average Bonchev–Trinajstić information content (AvgIpc) is 3.30. The van der Waals surface area contributed by atoms with E-state index in [4.69, 9.17) is 14.0 Å². The third kappa shape index (κ3) is 5.72. The Morgan fingerprint density at radius 1 is 1.30 bits per heavy atom. The number of halogens is 3. The average molecular weight is 384 g/mol. The highest BCUT2D eigenvalue weighted by molar-refractivity contribution is 5.78. The van der Waals surface area contributed by atoms with Crippen molar-refractivity contribution in [2.75, 3.05) is 19.8 Å². The molecule has 1 aromatic heterocycles. The molecular weight excluding hydrogens is 365 g/mol. The molecule has 146 valence electrons. The normalized spacial score (nSPS) is 17.1. The van der Waals surface area contributed by atoms with E-state index in [0.717, 1.165) is 25.2 Å². The Morgan fingerprint density at radius 2 is 2.07 bits per heavy atom. The van der Waals surface area contributed by atoms with Gasteiger partial charge in [0.15, 0.2) is 5.76 Å². The summed E-state index contributed by atoms with van der Waals surface area (Å²) < 4.78 is 53.3. The first-order valence-electron chi connectivity index (χ1n) is 8.49. The number of nitrogens with one attached hydrogen (secondary N) is 1. The number of rotatable bonds is 7. The van der Waals surface area contributed by atoms with E-state index in [-0.39, 0.29) is 24.7 Å². The highest BCUT2D eigenvalue weighted by Crippen LogP contribution is 2.30. The number of hydrogen-bond acceptors (Lipinski definition) is 5. The van der Waals surface area contributed by atoms with Crippen LogP contribution in [-0.2, 0) is 28.7 Å². The van der Waals surface area contributed by atoms with Crippen LogP contribution in [0.1, 0.15) is 23.4 Å². The van der Waals surface area contributed by atoms with Crippen LogP contribution in [0, 0.1) is 5.92 Å². The lowest BCUT2D eigenvalue weighted by molar-refractivity contribution is -0.137. The maximum absolute atomic E-state index is 12.5. The topological polar surface area (TPSA) is 73.6 Å². The first kappa shape index (κ1) is 19.2. The summed E-state index contributed by atoms with van der Waals surface area (Å²) in [6.45, 7) is 1.96. The van der Waals surface area contributed by atoms with E-state index in [0.29, 0.717) is 30.5 Å². The summed E-state index contributed by atoms with van der Waals surface area (Å²) in [5.74, 6) is 0.837. The van der Waals surface area contributed by atoms with Gasteiger partial charge in [-0.2, -0.15) is 13.2 Å². The second-order valence-corrected chi connectivity index (χ2v) is 6.31. The number of amides is 1. The van der Waals surface area contributed by atoms with E-state index in [9.17, 15) is 18.0 Å². The standard InChI is InChI=1S/C18H19F3N2O4/c19-18(20,21)13-1-3-15(4-2-13)26-11-16-7-14(23-27-16)8-17(24)22-9-12-5-6-25-10-12/h1-4,7,12H,5-6,8-11H2,(H,22,24). The van der Waals surface area contributed by atoms with E-state index in [1.165, 1.54) is 12.1 Å². The van der Waals surface area contributed by atoms with E-state index in [1.54, 1.807) is 6.07 Å². The molecule has 9 heteroatoms. The molecule has 1 N–H and O–H groups in total. The summed E-state index contributed by atoms with van der Waals surface area (Å²) in [5.41, 5.74) is -0.284. The van der Waals surface area contributed by atoms with Gasteiger partial charge in [-0.15, -0.1) is 0 Å². The van der Waals surface area contributed by atoms with Crippen LogP contribution in [0.3, 0.4) is 0 Å². The zero-order chi connectivity index (χ0) is 19.3. The van der Waals surface area contributed by atoms with E-state index in [2.05, 4.69) is 10.5 Å². The van der Waals surface area contributed by atoms with Gasteiger partial charge >= 0.3 is 6.18 Å². The number of hydrogen-bond donors (Lipinski definition) is 1. The minimum absolute atomic E-state index is 0.000599. The zero-order valence-electron chi connectivity index (χ0n) is 14.4. The molecule has 3 rings (SSSR count). The molecule has 1 fully saturated rings. The molecule has 27 heavy (non-hydrogen) atoms. The monoisotopic (exact) mass is 384 g/mol. The molecule has 1 aliphatic rings. The molecule has 1 aliphatic heterocycles. The first-order chi connectivity index (χ1) is 12.9. The third-order valence-electron chi connectivity index (χ3n) is 4.12. The molecule has 1 aromatic carbocycles.